The van der Waals surface area contributed by atoms with E-state index < -0.39 is 15.6 Å². The fourth-order valence-corrected chi connectivity index (χ4v) is 5.90. The molecule has 0 aliphatic carbocycles. The first-order chi connectivity index (χ1) is 10.9. The molecular weight excluding hydrogens is 422 g/mol. The highest BCUT2D eigenvalue weighted by molar-refractivity contribution is 9.11. The minimum absolute atomic E-state index is 0.177. The lowest BCUT2D eigenvalue weighted by atomic mass is 9.94. The van der Waals surface area contributed by atoms with E-state index in [2.05, 4.69) is 20.7 Å². The third-order valence-electron chi connectivity index (χ3n) is 3.26. The second-order valence-electron chi connectivity index (χ2n) is 4.73. The molecule has 0 radical (unpaired) electrons. The van der Waals surface area contributed by atoms with E-state index in [1.165, 1.54) is 23.7 Å². The molecule has 0 spiro atoms. The Balaban J connectivity index is 1.89. The standard InChI is InChI=1S/C14H12BrNO4S3/c15-12-3-4-13(22-12)23(18,19)16-9-14(17,10-5-7-21-8-10)11-2-1-6-20-11/h1-8,16-17H,9H2. The monoisotopic (exact) mass is 433 g/mol. The first-order valence-corrected chi connectivity index (χ1v) is 10.5. The van der Waals surface area contributed by atoms with Gasteiger partial charge in [0.2, 0.25) is 10.0 Å². The normalized spacial score (nSPS) is 14.7. The Morgan fingerprint density at radius 2 is 2.13 bits per heavy atom. The first kappa shape index (κ1) is 16.9. The summed E-state index contributed by atoms with van der Waals surface area (Å²) in [5.74, 6) is 0.283. The maximum Gasteiger partial charge on any atom is 0.250 e. The Kier molecular flexibility index (Phi) is 4.77. The van der Waals surface area contributed by atoms with Gasteiger partial charge in [0.05, 0.1) is 16.6 Å². The van der Waals surface area contributed by atoms with Crippen molar-refractivity contribution in [3.05, 3.63) is 62.5 Å². The number of hydrogen-bond acceptors (Lipinski definition) is 6. The average Bonchev–Trinajstić information content (AvgIpc) is 3.25. The van der Waals surface area contributed by atoms with Crippen molar-refractivity contribution in [2.45, 2.75) is 9.81 Å². The van der Waals surface area contributed by atoms with Crippen LogP contribution in [0.15, 0.2) is 59.8 Å². The van der Waals surface area contributed by atoms with Gasteiger partial charge in [0.15, 0.2) is 5.60 Å². The summed E-state index contributed by atoms with van der Waals surface area (Å²) >= 11 is 5.76. The maximum atomic E-state index is 12.4. The van der Waals surface area contributed by atoms with Crippen LogP contribution in [0.5, 0.6) is 0 Å². The van der Waals surface area contributed by atoms with Gasteiger partial charge in [-0.05, 0) is 57.0 Å². The highest BCUT2D eigenvalue weighted by Gasteiger charge is 2.36. The predicted octanol–water partition coefficient (Wildman–Crippen LogP) is 3.38. The van der Waals surface area contributed by atoms with Crippen LogP contribution < -0.4 is 4.72 Å². The number of rotatable bonds is 6. The number of halogens is 1. The summed E-state index contributed by atoms with van der Waals surface area (Å²) < 4.78 is 33.4. The van der Waals surface area contributed by atoms with Crippen molar-refractivity contribution in [2.24, 2.45) is 0 Å². The van der Waals surface area contributed by atoms with Crippen molar-refractivity contribution in [2.75, 3.05) is 6.54 Å². The van der Waals surface area contributed by atoms with Gasteiger partial charge in [0.1, 0.15) is 9.97 Å². The number of hydrogen-bond donors (Lipinski definition) is 2. The Labute approximate surface area is 149 Å². The van der Waals surface area contributed by atoms with Gasteiger partial charge in [-0.1, -0.05) is 0 Å². The average molecular weight is 434 g/mol. The zero-order chi connectivity index (χ0) is 16.5. The van der Waals surface area contributed by atoms with Crippen LogP contribution in [0.1, 0.15) is 11.3 Å². The molecule has 0 saturated heterocycles. The minimum atomic E-state index is -3.71. The molecule has 2 N–H and O–H groups in total. The van der Waals surface area contributed by atoms with Crippen LogP contribution in [0, 0.1) is 0 Å². The van der Waals surface area contributed by atoms with Gasteiger partial charge >= 0.3 is 0 Å². The second kappa shape index (κ2) is 6.50. The zero-order valence-corrected chi connectivity index (χ0v) is 15.6. The van der Waals surface area contributed by atoms with Gasteiger partial charge in [-0.25, -0.2) is 13.1 Å². The fourth-order valence-electron chi connectivity index (χ4n) is 2.06. The third-order valence-corrected chi connectivity index (χ3v) is 7.46. The lowest BCUT2D eigenvalue weighted by Crippen LogP contribution is -2.41. The summed E-state index contributed by atoms with van der Waals surface area (Å²) in [5, 5.41) is 14.6. The smallest absolute Gasteiger partial charge is 0.250 e. The number of sulfonamides is 1. The number of nitrogens with one attached hydrogen (secondary N) is 1. The molecule has 3 aromatic heterocycles. The Morgan fingerprint density at radius 1 is 1.30 bits per heavy atom. The van der Waals surface area contributed by atoms with Crippen molar-refractivity contribution in [1.82, 2.24) is 4.72 Å². The molecule has 23 heavy (non-hydrogen) atoms. The highest BCUT2D eigenvalue weighted by atomic mass is 79.9. The van der Waals surface area contributed by atoms with E-state index in [0.29, 0.717) is 5.56 Å². The molecule has 3 heterocycles. The molecule has 1 atom stereocenters. The maximum absolute atomic E-state index is 12.4. The van der Waals surface area contributed by atoms with Crippen molar-refractivity contribution in [3.8, 4) is 0 Å². The van der Waals surface area contributed by atoms with E-state index in [1.807, 2.05) is 5.38 Å². The molecular formula is C14H12BrNO4S3. The summed E-state index contributed by atoms with van der Waals surface area (Å²) in [5.41, 5.74) is -0.988. The van der Waals surface area contributed by atoms with Crippen LogP contribution in [-0.4, -0.2) is 20.1 Å². The number of furan rings is 1. The SMILES string of the molecule is O=S(=O)(NCC(O)(c1ccsc1)c1ccco1)c1ccc(Br)s1. The number of thiophene rings is 2. The third kappa shape index (κ3) is 3.44. The van der Waals surface area contributed by atoms with Gasteiger partial charge in [0.25, 0.3) is 0 Å². The molecule has 0 aliphatic heterocycles. The molecule has 0 saturated carbocycles. The van der Waals surface area contributed by atoms with Gasteiger partial charge in [-0.15, -0.1) is 11.3 Å². The van der Waals surface area contributed by atoms with Crippen LogP contribution in [-0.2, 0) is 15.6 Å². The van der Waals surface area contributed by atoms with E-state index in [9.17, 15) is 13.5 Å². The first-order valence-electron chi connectivity index (χ1n) is 6.46. The predicted molar refractivity (Wildman–Crippen MR) is 93.2 cm³/mol. The Morgan fingerprint density at radius 3 is 2.70 bits per heavy atom. The van der Waals surface area contributed by atoms with Crippen LogP contribution >= 0.6 is 38.6 Å². The van der Waals surface area contributed by atoms with Crippen molar-refractivity contribution in [1.29, 1.82) is 0 Å². The molecule has 0 aromatic carbocycles. The summed E-state index contributed by atoms with van der Waals surface area (Å²) in [7, 11) is -3.71. The quantitative estimate of drug-likeness (QED) is 0.624. The molecule has 9 heteroatoms. The van der Waals surface area contributed by atoms with E-state index in [-0.39, 0.29) is 16.5 Å². The molecule has 3 aromatic rings. The molecule has 1 unspecified atom stereocenters. The topological polar surface area (TPSA) is 79.5 Å². The molecule has 0 aliphatic rings. The lowest BCUT2D eigenvalue weighted by molar-refractivity contribution is 0.0623. The molecule has 0 fully saturated rings. The van der Waals surface area contributed by atoms with Gasteiger partial charge in [-0.2, -0.15) is 11.3 Å². The van der Waals surface area contributed by atoms with Crippen LogP contribution in [0.25, 0.3) is 0 Å². The molecule has 122 valence electrons. The van der Waals surface area contributed by atoms with Crippen LogP contribution in [0.2, 0.25) is 0 Å². The van der Waals surface area contributed by atoms with E-state index in [4.69, 9.17) is 4.42 Å². The summed E-state index contributed by atoms with van der Waals surface area (Å²) in [6.45, 7) is -0.227. The van der Waals surface area contributed by atoms with Crippen molar-refractivity contribution >= 4 is 48.6 Å². The van der Waals surface area contributed by atoms with Crippen LogP contribution in [0.3, 0.4) is 0 Å². The number of aliphatic hydroxyl groups is 1. The Bertz CT molecular complexity index is 835. The zero-order valence-electron chi connectivity index (χ0n) is 11.6. The van der Waals surface area contributed by atoms with Crippen molar-refractivity contribution in [3.63, 3.8) is 0 Å². The summed E-state index contributed by atoms with van der Waals surface area (Å²) in [6, 6.07) is 8.18. The Hall–Kier alpha value is -0.970. The molecule has 0 amide bonds. The fraction of sp³-hybridized carbons (Fsp3) is 0.143. The van der Waals surface area contributed by atoms with Gasteiger partial charge < -0.3 is 9.52 Å². The van der Waals surface area contributed by atoms with E-state index >= 15 is 0 Å². The molecule has 5 nitrogen and oxygen atoms in total. The van der Waals surface area contributed by atoms with Gasteiger partial charge in [0, 0.05) is 5.56 Å². The van der Waals surface area contributed by atoms with E-state index in [1.54, 1.807) is 29.6 Å². The lowest BCUT2D eigenvalue weighted by Gasteiger charge is -2.25. The van der Waals surface area contributed by atoms with Gasteiger partial charge in [-0.3, -0.25) is 0 Å². The highest BCUT2D eigenvalue weighted by Crippen LogP contribution is 2.32. The second-order valence-corrected chi connectivity index (χ2v) is 9.97. The van der Waals surface area contributed by atoms with E-state index in [0.717, 1.165) is 15.1 Å². The summed E-state index contributed by atoms with van der Waals surface area (Å²) in [6.07, 6.45) is 1.44. The molecule has 3 rings (SSSR count). The van der Waals surface area contributed by atoms with Crippen LogP contribution in [0.4, 0.5) is 0 Å². The largest absolute Gasteiger partial charge is 0.466 e. The molecule has 0 bridgehead atoms. The van der Waals surface area contributed by atoms with Crippen molar-refractivity contribution < 1.29 is 17.9 Å². The summed E-state index contributed by atoms with van der Waals surface area (Å²) in [4.78, 5) is 0. The minimum Gasteiger partial charge on any atom is -0.466 e.